The van der Waals surface area contributed by atoms with Crippen LogP contribution in [0.25, 0.3) is 0 Å². The van der Waals surface area contributed by atoms with E-state index in [1.54, 1.807) is 11.3 Å². The average Bonchev–Trinajstić information content (AvgIpc) is 2.97. The molecule has 1 unspecified atom stereocenters. The second kappa shape index (κ2) is 7.38. The van der Waals surface area contributed by atoms with E-state index in [0.29, 0.717) is 6.04 Å². The first-order valence-corrected chi connectivity index (χ1v) is 8.65. The number of aryl methyl sites for hydroxylation is 3. The van der Waals surface area contributed by atoms with Gasteiger partial charge >= 0.3 is 0 Å². The zero-order valence-corrected chi connectivity index (χ0v) is 14.7. The van der Waals surface area contributed by atoms with Gasteiger partial charge in [-0.2, -0.15) is 5.10 Å². The van der Waals surface area contributed by atoms with Crippen molar-refractivity contribution >= 4 is 22.9 Å². The van der Waals surface area contributed by atoms with Crippen LogP contribution >= 0.6 is 22.9 Å². The van der Waals surface area contributed by atoms with E-state index in [0.717, 1.165) is 52.9 Å². The molecule has 0 spiro atoms. The maximum absolute atomic E-state index is 6.46. The van der Waals surface area contributed by atoms with Crippen LogP contribution in [0.3, 0.4) is 0 Å². The second-order valence-electron chi connectivity index (χ2n) is 5.21. The summed E-state index contributed by atoms with van der Waals surface area (Å²) >= 11 is 8.16. The molecule has 0 aliphatic carbocycles. The quantitative estimate of drug-likeness (QED) is 0.850. The van der Waals surface area contributed by atoms with Gasteiger partial charge in [-0.05, 0) is 19.9 Å². The minimum atomic E-state index is 0.328. The summed E-state index contributed by atoms with van der Waals surface area (Å²) in [4.78, 5) is 4.56. The molecule has 0 fully saturated rings. The summed E-state index contributed by atoms with van der Waals surface area (Å²) < 4.78 is 1.91. The molecule has 0 bridgehead atoms. The lowest BCUT2D eigenvalue weighted by atomic mass is 10.1. The Balaban J connectivity index is 2.14. The van der Waals surface area contributed by atoms with Crippen molar-refractivity contribution in [3.8, 4) is 0 Å². The highest BCUT2D eigenvalue weighted by Gasteiger charge is 2.18. The molecule has 0 aromatic carbocycles. The molecule has 2 rings (SSSR count). The minimum absolute atomic E-state index is 0.328. The standard InChI is InChI=1S/C15H23ClN4S/c1-5-13-15(16)14(20(4)19-13)8-11(17-6-2)7-12-9-21-10(3)18-12/h9,11,17H,5-8H2,1-4H3. The summed E-state index contributed by atoms with van der Waals surface area (Å²) in [5.41, 5.74) is 3.23. The number of rotatable bonds is 7. The molecule has 116 valence electrons. The molecule has 4 nitrogen and oxygen atoms in total. The van der Waals surface area contributed by atoms with Crippen LogP contribution in [0, 0.1) is 6.92 Å². The number of nitrogens with one attached hydrogen (secondary N) is 1. The van der Waals surface area contributed by atoms with Crippen LogP contribution in [0.4, 0.5) is 0 Å². The van der Waals surface area contributed by atoms with Gasteiger partial charge < -0.3 is 5.32 Å². The van der Waals surface area contributed by atoms with Crippen LogP contribution in [-0.4, -0.2) is 27.4 Å². The molecule has 1 N–H and O–H groups in total. The lowest BCUT2D eigenvalue weighted by molar-refractivity contribution is 0.501. The van der Waals surface area contributed by atoms with E-state index in [-0.39, 0.29) is 0 Å². The maximum Gasteiger partial charge on any atom is 0.0897 e. The van der Waals surface area contributed by atoms with Crippen LogP contribution in [-0.2, 0) is 26.3 Å². The topological polar surface area (TPSA) is 42.7 Å². The van der Waals surface area contributed by atoms with E-state index in [9.17, 15) is 0 Å². The zero-order chi connectivity index (χ0) is 15.4. The van der Waals surface area contributed by atoms with Crippen molar-refractivity contribution in [2.24, 2.45) is 7.05 Å². The smallest absolute Gasteiger partial charge is 0.0897 e. The van der Waals surface area contributed by atoms with Crippen LogP contribution < -0.4 is 5.32 Å². The van der Waals surface area contributed by atoms with Crippen LogP contribution in [0.5, 0.6) is 0 Å². The summed E-state index contributed by atoms with van der Waals surface area (Å²) in [6.07, 6.45) is 2.65. The molecule has 2 aromatic rings. The largest absolute Gasteiger partial charge is 0.313 e. The van der Waals surface area contributed by atoms with E-state index in [1.807, 2.05) is 18.7 Å². The molecule has 0 saturated heterocycles. The van der Waals surface area contributed by atoms with Gasteiger partial charge in [0.05, 0.1) is 27.1 Å². The van der Waals surface area contributed by atoms with E-state index in [4.69, 9.17) is 11.6 Å². The summed E-state index contributed by atoms with van der Waals surface area (Å²) in [6.45, 7) is 7.19. The zero-order valence-electron chi connectivity index (χ0n) is 13.1. The summed E-state index contributed by atoms with van der Waals surface area (Å²) in [5.74, 6) is 0. The predicted molar refractivity (Wildman–Crippen MR) is 89.3 cm³/mol. The third-order valence-corrected chi connectivity index (χ3v) is 4.82. The van der Waals surface area contributed by atoms with Crippen molar-refractivity contribution in [2.45, 2.75) is 46.1 Å². The maximum atomic E-state index is 6.46. The first kappa shape index (κ1) is 16.5. The number of hydrogen-bond acceptors (Lipinski definition) is 4. The molecule has 0 saturated carbocycles. The highest BCUT2D eigenvalue weighted by atomic mass is 35.5. The van der Waals surface area contributed by atoms with Crippen LogP contribution in [0.1, 0.15) is 35.9 Å². The first-order valence-electron chi connectivity index (χ1n) is 7.39. The molecule has 2 heterocycles. The summed E-state index contributed by atoms with van der Waals surface area (Å²) in [5, 5.41) is 12.1. The SMILES string of the molecule is CCNC(Cc1csc(C)n1)Cc1c(Cl)c(CC)nn1C. The van der Waals surface area contributed by atoms with Gasteiger partial charge in [0, 0.05) is 31.3 Å². The number of hydrogen-bond donors (Lipinski definition) is 1. The van der Waals surface area contributed by atoms with Crippen LogP contribution in [0.15, 0.2) is 5.38 Å². The molecule has 21 heavy (non-hydrogen) atoms. The lowest BCUT2D eigenvalue weighted by Crippen LogP contribution is -2.33. The number of halogens is 1. The summed E-state index contributed by atoms with van der Waals surface area (Å²) in [6, 6.07) is 0.328. The van der Waals surface area contributed by atoms with Crippen molar-refractivity contribution in [2.75, 3.05) is 6.54 Å². The third-order valence-electron chi connectivity index (χ3n) is 3.56. The fourth-order valence-electron chi connectivity index (χ4n) is 2.53. The van der Waals surface area contributed by atoms with E-state index in [1.165, 1.54) is 0 Å². The fraction of sp³-hybridized carbons (Fsp3) is 0.600. The molecule has 1 atom stereocenters. The van der Waals surface area contributed by atoms with Crippen LogP contribution in [0.2, 0.25) is 5.02 Å². The molecule has 0 aliphatic heterocycles. The lowest BCUT2D eigenvalue weighted by Gasteiger charge is -2.17. The van der Waals surface area contributed by atoms with Crippen molar-refractivity contribution in [1.82, 2.24) is 20.1 Å². The Labute approximate surface area is 135 Å². The van der Waals surface area contributed by atoms with Crippen molar-refractivity contribution < 1.29 is 0 Å². The molecule has 0 aliphatic rings. The highest BCUT2D eigenvalue weighted by Crippen LogP contribution is 2.23. The molecule has 0 radical (unpaired) electrons. The average molecular weight is 327 g/mol. The molecular weight excluding hydrogens is 304 g/mol. The number of aromatic nitrogens is 3. The Morgan fingerprint density at radius 2 is 2.14 bits per heavy atom. The van der Waals surface area contributed by atoms with Crippen molar-refractivity contribution in [3.05, 3.63) is 32.5 Å². The van der Waals surface area contributed by atoms with E-state index < -0.39 is 0 Å². The van der Waals surface area contributed by atoms with Gasteiger partial charge in [0.1, 0.15) is 0 Å². The van der Waals surface area contributed by atoms with Gasteiger partial charge in [-0.15, -0.1) is 11.3 Å². The van der Waals surface area contributed by atoms with E-state index >= 15 is 0 Å². The van der Waals surface area contributed by atoms with E-state index in [2.05, 4.69) is 34.6 Å². The molecule has 0 amide bonds. The Hall–Kier alpha value is -0.910. The van der Waals surface area contributed by atoms with Gasteiger partial charge in [-0.1, -0.05) is 25.4 Å². The Morgan fingerprint density at radius 1 is 1.38 bits per heavy atom. The van der Waals surface area contributed by atoms with Gasteiger partial charge in [-0.25, -0.2) is 4.98 Å². The monoisotopic (exact) mass is 326 g/mol. The Morgan fingerprint density at radius 3 is 2.67 bits per heavy atom. The Bertz CT molecular complexity index is 591. The first-order chi connectivity index (χ1) is 10.0. The third kappa shape index (κ3) is 4.05. The number of thiazole rings is 1. The second-order valence-corrected chi connectivity index (χ2v) is 6.65. The molecule has 6 heteroatoms. The number of likely N-dealkylation sites (N-methyl/N-ethyl adjacent to an activating group) is 1. The normalized spacial score (nSPS) is 12.8. The van der Waals surface area contributed by atoms with Gasteiger partial charge in [0.15, 0.2) is 0 Å². The van der Waals surface area contributed by atoms with Gasteiger partial charge in [0.25, 0.3) is 0 Å². The van der Waals surface area contributed by atoms with Crippen molar-refractivity contribution in [3.63, 3.8) is 0 Å². The predicted octanol–water partition coefficient (Wildman–Crippen LogP) is 3.16. The molecular formula is C15H23ClN4S. The van der Waals surface area contributed by atoms with Gasteiger partial charge in [0.2, 0.25) is 0 Å². The summed E-state index contributed by atoms with van der Waals surface area (Å²) in [7, 11) is 1.97. The van der Waals surface area contributed by atoms with Gasteiger partial charge in [-0.3, -0.25) is 4.68 Å². The fourth-order valence-corrected chi connectivity index (χ4v) is 3.53. The number of nitrogens with zero attached hydrogens (tertiary/aromatic N) is 3. The minimum Gasteiger partial charge on any atom is -0.313 e. The van der Waals surface area contributed by atoms with Crippen molar-refractivity contribution in [1.29, 1.82) is 0 Å². The molecule has 2 aromatic heterocycles. The highest BCUT2D eigenvalue weighted by molar-refractivity contribution is 7.09. The Kier molecular flexibility index (Phi) is 5.79.